The first-order valence-electron chi connectivity index (χ1n) is 11.4. The molecule has 0 radical (unpaired) electrons. The number of nitrogens with zero attached hydrogens (tertiary/aromatic N) is 4. The summed E-state index contributed by atoms with van der Waals surface area (Å²) in [6.07, 6.45) is 0. The van der Waals surface area contributed by atoms with Gasteiger partial charge in [0.1, 0.15) is 11.6 Å². The Morgan fingerprint density at radius 2 is 0.806 bits per heavy atom. The molecule has 0 aliphatic carbocycles. The first-order valence-corrected chi connectivity index (χ1v) is 11.4. The summed E-state index contributed by atoms with van der Waals surface area (Å²) < 4.78 is 85.2. The van der Waals surface area contributed by atoms with E-state index in [0.29, 0.717) is 21.2 Å². The van der Waals surface area contributed by atoms with E-state index in [2.05, 4.69) is 0 Å². The second-order valence-electron chi connectivity index (χ2n) is 8.66. The van der Waals surface area contributed by atoms with E-state index in [0.717, 1.165) is 0 Å². The second kappa shape index (κ2) is 9.90. The number of hydrogen-bond acceptors (Lipinski definition) is 4. The Kier molecular flexibility index (Phi) is 7.05. The Morgan fingerprint density at radius 1 is 0.528 bits per heavy atom. The molecule has 6 nitrogen and oxygen atoms in total. The minimum Gasteiger partial charge on any atom is -0.368 e. The maximum absolute atomic E-state index is 14.7. The van der Waals surface area contributed by atoms with Crippen LogP contribution in [-0.2, 0) is 9.59 Å². The quantitative estimate of drug-likeness (QED) is 0.575. The highest BCUT2D eigenvalue weighted by molar-refractivity contribution is 5.95. The zero-order valence-electron chi connectivity index (χ0n) is 19.1. The van der Waals surface area contributed by atoms with Crippen LogP contribution in [0, 0.1) is 11.6 Å². The zero-order valence-corrected chi connectivity index (χ0v) is 19.1. The molecule has 2 fully saturated rings. The van der Waals surface area contributed by atoms with Gasteiger partial charge in [-0.25, -0.2) is 8.78 Å². The van der Waals surface area contributed by atoms with Crippen molar-refractivity contribution in [3.05, 3.63) is 60.2 Å². The van der Waals surface area contributed by atoms with E-state index < -0.39 is 35.3 Å². The van der Waals surface area contributed by atoms with Crippen molar-refractivity contribution in [1.29, 1.82) is 0 Å². The SMILES string of the molecule is O=C(N1CCN(c2ccc(F)cc2)CC1)C(F)(F)C(F)(F)C(=O)N1CCN(c2ccc(F)cc2)CC1. The van der Waals surface area contributed by atoms with Crippen LogP contribution in [0.5, 0.6) is 0 Å². The Balaban J connectivity index is 1.36. The predicted octanol–water partition coefficient (Wildman–Crippen LogP) is 3.23. The number of halogens is 6. The molecule has 4 rings (SSSR count). The molecule has 2 aromatic rings. The lowest BCUT2D eigenvalue weighted by Crippen LogP contribution is -2.64. The number of benzene rings is 2. The lowest BCUT2D eigenvalue weighted by Gasteiger charge is -2.40. The summed E-state index contributed by atoms with van der Waals surface area (Å²) in [5, 5.41) is 0. The van der Waals surface area contributed by atoms with Crippen molar-refractivity contribution in [3.63, 3.8) is 0 Å². The fraction of sp³-hybridized carbons (Fsp3) is 0.417. The summed E-state index contributed by atoms with van der Waals surface area (Å²) in [5.41, 5.74) is 1.21. The summed E-state index contributed by atoms with van der Waals surface area (Å²) in [6, 6.07) is 10.9. The number of carbonyl (C=O) groups excluding carboxylic acids is 2. The van der Waals surface area contributed by atoms with Gasteiger partial charge in [0, 0.05) is 63.7 Å². The van der Waals surface area contributed by atoms with Gasteiger partial charge >= 0.3 is 11.8 Å². The van der Waals surface area contributed by atoms with Gasteiger partial charge in [-0.1, -0.05) is 0 Å². The monoisotopic (exact) mass is 514 g/mol. The van der Waals surface area contributed by atoms with Crippen LogP contribution in [-0.4, -0.2) is 85.8 Å². The molecule has 194 valence electrons. The van der Waals surface area contributed by atoms with Gasteiger partial charge < -0.3 is 19.6 Å². The second-order valence-corrected chi connectivity index (χ2v) is 8.66. The Hall–Kier alpha value is -3.44. The van der Waals surface area contributed by atoms with E-state index in [9.17, 15) is 35.9 Å². The maximum atomic E-state index is 14.7. The molecular weight excluding hydrogens is 490 g/mol. The van der Waals surface area contributed by atoms with Crippen LogP contribution in [0.4, 0.5) is 37.7 Å². The van der Waals surface area contributed by atoms with Crippen molar-refractivity contribution in [1.82, 2.24) is 9.80 Å². The maximum Gasteiger partial charge on any atom is 0.395 e. The number of piperazine rings is 2. The van der Waals surface area contributed by atoms with Gasteiger partial charge in [0.2, 0.25) is 0 Å². The molecule has 2 aliphatic heterocycles. The van der Waals surface area contributed by atoms with Crippen LogP contribution in [0.3, 0.4) is 0 Å². The predicted molar refractivity (Wildman–Crippen MR) is 120 cm³/mol. The summed E-state index contributed by atoms with van der Waals surface area (Å²) in [7, 11) is 0. The molecule has 2 heterocycles. The molecule has 0 unspecified atom stereocenters. The van der Waals surface area contributed by atoms with Gasteiger partial charge in [0.25, 0.3) is 11.8 Å². The van der Waals surface area contributed by atoms with Gasteiger partial charge in [-0.3, -0.25) is 9.59 Å². The third-order valence-corrected chi connectivity index (χ3v) is 6.45. The van der Waals surface area contributed by atoms with Crippen molar-refractivity contribution in [2.24, 2.45) is 0 Å². The van der Waals surface area contributed by atoms with Gasteiger partial charge in [-0.15, -0.1) is 0 Å². The first-order chi connectivity index (χ1) is 17.0. The fourth-order valence-electron chi connectivity index (χ4n) is 4.31. The van der Waals surface area contributed by atoms with E-state index >= 15 is 0 Å². The average molecular weight is 514 g/mol. The number of rotatable bonds is 5. The fourth-order valence-corrected chi connectivity index (χ4v) is 4.31. The number of anilines is 2. The van der Waals surface area contributed by atoms with Gasteiger partial charge in [-0.2, -0.15) is 17.6 Å². The molecule has 2 aliphatic rings. The molecule has 0 bridgehead atoms. The molecule has 2 saturated heterocycles. The molecule has 36 heavy (non-hydrogen) atoms. The van der Waals surface area contributed by atoms with Crippen LogP contribution in [0.15, 0.2) is 48.5 Å². The largest absolute Gasteiger partial charge is 0.395 e. The highest BCUT2D eigenvalue weighted by atomic mass is 19.3. The average Bonchev–Trinajstić information content (AvgIpc) is 2.89. The van der Waals surface area contributed by atoms with Crippen molar-refractivity contribution in [2.75, 3.05) is 62.2 Å². The normalized spacial score (nSPS) is 17.4. The van der Waals surface area contributed by atoms with Crippen molar-refractivity contribution in [3.8, 4) is 0 Å². The van der Waals surface area contributed by atoms with E-state index in [1.807, 2.05) is 0 Å². The van der Waals surface area contributed by atoms with Crippen LogP contribution in [0.2, 0.25) is 0 Å². The molecule has 12 heteroatoms. The van der Waals surface area contributed by atoms with Crippen LogP contribution >= 0.6 is 0 Å². The number of carbonyl (C=O) groups is 2. The lowest BCUT2D eigenvalue weighted by atomic mass is 10.1. The Labute approximate surface area is 203 Å². The van der Waals surface area contributed by atoms with Gasteiger partial charge in [-0.05, 0) is 48.5 Å². The lowest BCUT2D eigenvalue weighted by molar-refractivity contribution is -0.223. The molecule has 0 aromatic heterocycles. The minimum absolute atomic E-state index is 0.0817. The molecular formula is C24H24F6N4O2. The van der Waals surface area contributed by atoms with Crippen molar-refractivity contribution in [2.45, 2.75) is 11.8 Å². The summed E-state index contributed by atoms with van der Waals surface area (Å²) in [5.74, 6) is -15.6. The first kappa shape index (κ1) is 25.6. The molecule has 2 amide bonds. The smallest absolute Gasteiger partial charge is 0.368 e. The van der Waals surface area contributed by atoms with Gasteiger partial charge in [0.15, 0.2) is 0 Å². The van der Waals surface area contributed by atoms with E-state index in [-0.39, 0.29) is 52.4 Å². The topological polar surface area (TPSA) is 47.1 Å². The Bertz CT molecular complexity index is 993. The van der Waals surface area contributed by atoms with Gasteiger partial charge in [0.05, 0.1) is 0 Å². The summed E-state index contributed by atoms with van der Waals surface area (Å²) in [6.45, 7) is -0.703. The number of hydrogen-bond donors (Lipinski definition) is 0. The van der Waals surface area contributed by atoms with Crippen molar-refractivity contribution >= 4 is 23.2 Å². The summed E-state index contributed by atoms with van der Waals surface area (Å²) in [4.78, 5) is 29.5. The van der Waals surface area contributed by atoms with Crippen molar-refractivity contribution < 1.29 is 35.9 Å². The standard InChI is InChI=1S/C24H24F6N4O2/c25-17-1-5-19(6-2-17)31-9-13-33(14-10-31)21(35)23(27,28)24(29,30)22(36)34-15-11-32(12-16-34)20-7-3-18(26)4-8-20/h1-8H,9-16H2. The van der Waals surface area contributed by atoms with Crippen LogP contribution < -0.4 is 9.80 Å². The van der Waals surface area contributed by atoms with E-state index in [1.165, 1.54) is 48.5 Å². The van der Waals surface area contributed by atoms with Crippen LogP contribution in [0.25, 0.3) is 0 Å². The van der Waals surface area contributed by atoms with E-state index in [1.54, 1.807) is 9.80 Å². The minimum atomic E-state index is -5.23. The highest BCUT2D eigenvalue weighted by Crippen LogP contribution is 2.38. The number of alkyl halides is 4. The molecule has 0 saturated carbocycles. The highest BCUT2D eigenvalue weighted by Gasteiger charge is 2.68. The third kappa shape index (κ3) is 4.93. The molecule has 0 atom stereocenters. The molecule has 0 spiro atoms. The third-order valence-electron chi connectivity index (χ3n) is 6.45. The molecule has 2 aromatic carbocycles. The van der Waals surface area contributed by atoms with E-state index in [4.69, 9.17) is 0 Å². The number of amides is 2. The molecule has 0 N–H and O–H groups in total. The Morgan fingerprint density at radius 3 is 1.08 bits per heavy atom. The summed E-state index contributed by atoms with van der Waals surface area (Å²) >= 11 is 0. The zero-order chi connectivity index (χ0) is 26.1. The van der Waals surface area contributed by atoms with Crippen LogP contribution in [0.1, 0.15) is 0 Å².